The van der Waals surface area contributed by atoms with Crippen LogP contribution in [-0.4, -0.2) is 14.8 Å². The van der Waals surface area contributed by atoms with E-state index in [9.17, 15) is 9.90 Å². The summed E-state index contributed by atoms with van der Waals surface area (Å²) >= 11 is 3.43. The molecule has 4 aromatic rings. The van der Waals surface area contributed by atoms with Gasteiger partial charge >= 0.3 is 0 Å². The summed E-state index contributed by atoms with van der Waals surface area (Å²) in [6.45, 7) is 2.45. The molecule has 0 aliphatic heterocycles. The van der Waals surface area contributed by atoms with Gasteiger partial charge in [0.05, 0.1) is 17.4 Å². The van der Waals surface area contributed by atoms with Crippen LogP contribution < -0.4 is 11.0 Å². The van der Waals surface area contributed by atoms with Crippen molar-refractivity contribution in [3.8, 4) is 17.1 Å². The number of aromatic nitrogens is 2. The Morgan fingerprint density at radius 3 is 2.61 bits per heavy atom. The number of benzene rings is 3. The van der Waals surface area contributed by atoms with Gasteiger partial charge in [0.15, 0.2) is 5.82 Å². The first-order valence-corrected chi connectivity index (χ1v) is 11.2. The van der Waals surface area contributed by atoms with Crippen molar-refractivity contribution in [3.05, 3.63) is 92.7 Å². The molecule has 0 bridgehead atoms. The molecule has 1 heterocycles. The molecule has 3 aromatic carbocycles. The van der Waals surface area contributed by atoms with Crippen LogP contribution in [0.25, 0.3) is 22.3 Å². The minimum absolute atomic E-state index is 0.166. The van der Waals surface area contributed by atoms with E-state index in [-0.39, 0.29) is 17.9 Å². The zero-order valence-electron chi connectivity index (χ0n) is 17.3. The quantitative estimate of drug-likeness (QED) is 0.362. The third-order valence-corrected chi connectivity index (χ3v) is 5.77. The predicted molar refractivity (Wildman–Crippen MR) is 129 cm³/mol. The summed E-state index contributed by atoms with van der Waals surface area (Å²) in [5, 5.41) is 10.7. The molecule has 4 rings (SSSR count). The van der Waals surface area contributed by atoms with Crippen LogP contribution in [0, 0.1) is 0 Å². The van der Waals surface area contributed by atoms with Crippen LogP contribution in [0.1, 0.15) is 30.9 Å². The van der Waals surface area contributed by atoms with Gasteiger partial charge in [-0.05, 0) is 48.7 Å². The Labute approximate surface area is 189 Å². The van der Waals surface area contributed by atoms with Crippen LogP contribution in [0.3, 0.4) is 0 Å². The smallest absolute Gasteiger partial charge is 0.280 e. The number of fused-ring (bicyclic) bond motifs is 1. The number of nitrogens with zero attached hydrogens (tertiary/aromatic N) is 2. The highest BCUT2D eigenvalue weighted by Gasteiger charge is 2.13. The predicted octanol–water partition coefficient (Wildman–Crippen LogP) is 5.62. The number of aromatic hydroxyl groups is 1. The third kappa shape index (κ3) is 4.64. The Morgan fingerprint density at radius 1 is 1.06 bits per heavy atom. The highest BCUT2D eigenvalue weighted by Crippen LogP contribution is 2.23. The van der Waals surface area contributed by atoms with Crippen molar-refractivity contribution in [1.82, 2.24) is 9.66 Å². The van der Waals surface area contributed by atoms with Crippen molar-refractivity contribution in [2.24, 2.45) is 0 Å². The van der Waals surface area contributed by atoms with Crippen molar-refractivity contribution in [2.75, 3.05) is 5.43 Å². The number of hydrogen-bond donors (Lipinski definition) is 2. The molecular weight excluding hydrogens is 454 g/mol. The summed E-state index contributed by atoms with van der Waals surface area (Å²) in [6.07, 6.45) is 3.34. The van der Waals surface area contributed by atoms with Crippen LogP contribution in [0.4, 0.5) is 0 Å². The van der Waals surface area contributed by atoms with Crippen molar-refractivity contribution in [2.45, 2.75) is 32.7 Å². The molecule has 5 nitrogen and oxygen atoms in total. The molecule has 0 atom stereocenters. The van der Waals surface area contributed by atoms with Gasteiger partial charge in [-0.2, -0.15) is 0 Å². The summed E-state index contributed by atoms with van der Waals surface area (Å²) in [5.74, 6) is 0.708. The Kier molecular flexibility index (Phi) is 6.37. The standard InChI is InChI=1S/C25H24BrN3O2/c1-2-3-6-17-9-11-18(12-10-17)24-28-22-8-5-4-7-21(22)25(31)29(24)27-16-19-15-20(26)13-14-23(19)30/h4-5,7-15,27,30H,2-3,6,16H2,1H3. The molecule has 0 radical (unpaired) electrons. The summed E-state index contributed by atoms with van der Waals surface area (Å²) in [4.78, 5) is 18.1. The van der Waals surface area contributed by atoms with Gasteiger partial charge in [-0.3, -0.25) is 4.79 Å². The van der Waals surface area contributed by atoms with E-state index in [2.05, 4.69) is 40.4 Å². The lowest BCUT2D eigenvalue weighted by Crippen LogP contribution is -2.31. The van der Waals surface area contributed by atoms with Crippen LogP contribution >= 0.6 is 15.9 Å². The molecule has 0 aliphatic carbocycles. The fourth-order valence-electron chi connectivity index (χ4n) is 3.53. The minimum atomic E-state index is -0.176. The van der Waals surface area contributed by atoms with E-state index < -0.39 is 0 Å². The Bertz CT molecular complexity index is 1270. The van der Waals surface area contributed by atoms with E-state index in [0.29, 0.717) is 22.3 Å². The van der Waals surface area contributed by atoms with Crippen LogP contribution in [0.5, 0.6) is 5.75 Å². The fourth-order valence-corrected chi connectivity index (χ4v) is 3.94. The van der Waals surface area contributed by atoms with Crippen LogP contribution in [-0.2, 0) is 13.0 Å². The number of rotatable bonds is 7. The topological polar surface area (TPSA) is 67.2 Å². The van der Waals surface area contributed by atoms with Gasteiger partial charge in [-0.25, -0.2) is 9.66 Å². The maximum Gasteiger partial charge on any atom is 0.280 e. The molecular formula is C25H24BrN3O2. The van der Waals surface area contributed by atoms with E-state index in [1.54, 1.807) is 18.2 Å². The molecule has 0 aliphatic rings. The number of aryl methyl sites for hydroxylation is 1. The van der Waals surface area contributed by atoms with Gasteiger partial charge in [0.25, 0.3) is 5.56 Å². The second-order valence-electron chi connectivity index (χ2n) is 7.50. The van der Waals surface area contributed by atoms with Gasteiger partial charge in [0, 0.05) is 15.6 Å². The molecule has 0 saturated carbocycles. The van der Waals surface area contributed by atoms with E-state index in [0.717, 1.165) is 29.3 Å². The normalized spacial score (nSPS) is 11.0. The Hall–Kier alpha value is -3.12. The summed E-state index contributed by atoms with van der Waals surface area (Å²) in [7, 11) is 0. The van der Waals surface area contributed by atoms with Crippen molar-refractivity contribution < 1.29 is 5.11 Å². The molecule has 0 saturated heterocycles. The van der Waals surface area contributed by atoms with Crippen LogP contribution in [0.15, 0.2) is 76.0 Å². The number of hydrogen-bond acceptors (Lipinski definition) is 4. The van der Waals surface area contributed by atoms with Crippen molar-refractivity contribution in [1.29, 1.82) is 0 Å². The zero-order valence-corrected chi connectivity index (χ0v) is 18.9. The second kappa shape index (κ2) is 9.35. The first-order chi connectivity index (χ1) is 15.1. The maximum atomic E-state index is 13.3. The first kappa shape index (κ1) is 21.1. The van der Waals surface area contributed by atoms with E-state index in [1.165, 1.54) is 10.2 Å². The largest absolute Gasteiger partial charge is 0.508 e. The van der Waals surface area contributed by atoms with Gasteiger partial charge in [0.2, 0.25) is 0 Å². The molecule has 2 N–H and O–H groups in total. The SMILES string of the molecule is CCCCc1ccc(-c2nc3ccccc3c(=O)n2NCc2cc(Br)ccc2O)cc1. The number of phenols is 1. The number of nitrogens with one attached hydrogen (secondary N) is 1. The zero-order chi connectivity index (χ0) is 21.8. The summed E-state index contributed by atoms with van der Waals surface area (Å²) < 4.78 is 2.33. The second-order valence-corrected chi connectivity index (χ2v) is 8.42. The number of phenolic OH excluding ortho intramolecular Hbond substituents is 1. The lowest BCUT2D eigenvalue weighted by molar-refractivity contribution is 0.468. The highest BCUT2D eigenvalue weighted by atomic mass is 79.9. The molecule has 0 spiro atoms. The van der Waals surface area contributed by atoms with Gasteiger partial charge in [-0.1, -0.05) is 65.7 Å². The highest BCUT2D eigenvalue weighted by molar-refractivity contribution is 9.10. The molecule has 31 heavy (non-hydrogen) atoms. The van der Waals surface area contributed by atoms with Gasteiger partial charge < -0.3 is 10.5 Å². The average molecular weight is 478 g/mol. The fraction of sp³-hybridized carbons (Fsp3) is 0.200. The minimum Gasteiger partial charge on any atom is -0.508 e. The Morgan fingerprint density at radius 2 is 1.84 bits per heavy atom. The van der Waals surface area contributed by atoms with E-state index in [4.69, 9.17) is 4.98 Å². The first-order valence-electron chi connectivity index (χ1n) is 10.4. The van der Waals surface area contributed by atoms with Crippen molar-refractivity contribution >= 4 is 26.8 Å². The Balaban J connectivity index is 1.76. The molecule has 158 valence electrons. The molecule has 6 heteroatoms. The number of halogens is 1. The van der Waals surface area contributed by atoms with E-state index >= 15 is 0 Å². The molecule has 0 unspecified atom stereocenters. The molecule has 0 fully saturated rings. The lowest BCUT2D eigenvalue weighted by Gasteiger charge is -2.16. The van der Waals surface area contributed by atoms with Gasteiger partial charge in [-0.15, -0.1) is 0 Å². The maximum absolute atomic E-state index is 13.3. The molecule has 0 amide bonds. The number of para-hydroxylation sites is 1. The van der Waals surface area contributed by atoms with Crippen molar-refractivity contribution in [3.63, 3.8) is 0 Å². The van der Waals surface area contributed by atoms with Gasteiger partial charge in [0.1, 0.15) is 5.75 Å². The summed E-state index contributed by atoms with van der Waals surface area (Å²) in [5.41, 5.74) is 6.45. The third-order valence-electron chi connectivity index (χ3n) is 5.28. The van der Waals surface area contributed by atoms with E-state index in [1.807, 2.05) is 36.4 Å². The number of unbranched alkanes of at least 4 members (excludes halogenated alkanes) is 1. The monoisotopic (exact) mass is 477 g/mol. The average Bonchev–Trinajstić information content (AvgIpc) is 2.79. The van der Waals surface area contributed by atoms with Crippen LogP contribution in [0.2, 0.25) is 0 Å². The lowest BCUT2D eigenvalue weighted by atomic mass is 10.1. The summed E-state index contributed by atoms with van der Waals surface area (Å²) in [6, 6.07) is 20.8. The molecule has 1 aromatic heterocycles.